The number of carbonyl (C=O) groups excluding carboxylic acids is 1. The van der Waals surface area contributed by atoms with Crippen LogP contribution in [0.15, 0.2) is 18.2 Å². The Morgan fingerprint density at radius 2 is 1.90 bits per heavy atom. The van der Waals surface area contributed by atoms with Gasteiger partial charge in [-0.05, 0) is 25.0 Å². The highest BCUT2D eigenvalue weighted by molar-refractivity contribution is 6.18. The molecule has 0 aliphatic rings. The van der Waals surface area contributed by atoms with E-state index in [-0.39, 0.29) is 11.3 Å². The Morgan fingerprint density at radius 3 is 2.38 bits per heavy atom. The summed E-state index contributed by atoms with van der Waals surface area (Å²) in [7, 11) is 3.07. The molecule has 21 heavy (non-hydrogen) atoms. The molecule has 0 aromatic heterocycles. The lowest BCUT2D eigenvalue weighted by atomic mass is 9.84. The molecule has 5 heteroatoms. The summed E-state index contributed by atoms with van der Waals surface area (Å²) in [4.78, 5) is 12.4. The maximum atomic E-state index is 12.4. The van der Waals surface area contributed by atoms with Crippen molar-refractivity contribution < 1.29 is 14.3 Å². The van der Waals surface area contributed by atoms with Gasteiger partial charge in [0.2, 0.25) is 0 Å². The molecule has 0 unspecified atom stereocenters. The number of halogens is 1. The first-order chi connectivity index (χ1) is 10.1. The number of para-hydroxylation sites is 1. The lowest BCUT2D eigenvalue weighted by molar-refractivity contribution is 0.0928. The monoisotopic (exact) mass is 313 g/mol. The minimum absolute atomic E-state index is 0.0662. The van der Waals surface area contributed by atoms with E-state index in [9.17, 15) is 4.79 Å². The van der Waals surface area contributed by atoms with E-state index in [4.69, 9.17) is 21.1 Å². The smallest absolute Gasteiger partial charge is 0.255 e. The van der Waals surface area contributed by atoms with Gasteiger partial charge in [0.15, 0.2) is 11.5 Å². The fourth-order valence-corrected chi connectivity index (χ4v) is 2.64. The van der Waals surface area contributed by atoms with Crippen LogP contribution in [0.3, 0.4) is 0 Å². The van der Waals surface area contributed by atoms with E-state index < -0.39 is 0 Å². The van der Waals surface area contributed by atoms with Crippen LogP contribution in [0.25, 0.3) is 0 Å². The summed E-state index contributed by atoms with van der Waals surface area (Å²) < 4.78 is 10.5. The SMILES string of the molecule is CCC(CC)(CCl)CNC(=O)c1cccc(OC)c1OC. The third-order valence-corrected chi connectivity index (χ3v) is 4.62. The highest BCUT2D eigenvalue weighted by Crippen LogP contribution is 2.31. The predicted octanol–water partition coefficient (Wildman–Crippen LogP) is 3.48. The summed E-state index contributed by atoms with van der Waals surface area (Å²) in [6.07, 6.45) is 1.84. The second-order valence-electron chi connectivity index (χ2n) is 5.06. The molecule has 0 heterocycles. The molecule has 0 fully saturated rings. The van der Waals surface area contributed by atoms with Crippen LogP contribution < -0.4 is 14.8 Å². The number of methoxy groups -OCH3 is 2. The van der Waals surface area contributed by atoms with Crippen LogP contribution in [0, 0.1) is 5.41 Å². The van der Waals surface area contributed by atoms with E-state index in [1.54, 1.807) is 25.3 Å². The lowest BCUT2D eigenvalue weighted by Gasteiger charge is -2.29. The van der Waals surface area contributed by atoms with Gasteiger partial charge in [0.25, 0.3) is 5.91 Å². The van der Waals surface area contributed by atoms with Gasteiger partial charge in [-0.1, -0.05) is 19.9 Å². The topological polar surface area (TPSA) is 47.6 Å². The van der Waals surface area contributed by atoms with Crippen molar-refractivity contribution in [2.75, 3.05) is 26.6 Å². The second-order valence-corrected chi connectivity index (χ2v) is 5.33. The fraction of sp³-hybridized carbons (Fsp3) is 0.562. The van der Waals surface area contributed by atoms with Crippen LogP contribution in [0.2, 0.25) is 0 Å². The maximum absolute atomic E-state index is 12.4. The van der Waals surface area contributed by atoms with Gasteiger partial charge in [-0.25, -0.2) is 0 Å². The Hall–Kier alpha value is -1.42. The minimum atomic E-state index is -0.179. The van der Waals surface area contributed by atoms with Gasteiger partial charge >= 0.3 is 0 Å². The largest absolute Gasteiger partial charge is 0.493 e. The van der Waals surface area contributed by atoms with Crippen molar-refractivity contribution in [2.45, 2.75) is 26.7 Å². The summed E-state index contributed by atoms with van der Waals surface area (Å²) >= 11 is 6.06. The molecule has 0 saturated carbocycles. The Labute approximate surface area is 131 Å². The number of ether oxygens (including phenoxy) is 2. The van der Waals surface area contributed by atoms with Gasteiger partial charge < -0.3 is 14.8 Å². The summed E-state index contributed by atoms with van der Waals surface area (Å²) in [6.45, 7) is 4.72. The van der Waals surface area contributed by atoms with E-state index >= 15 is 0 Å². The summed E-state index contributed by atoms with van der Waals surface area (Å²) in [5.41, 5.74) is 0.399. The Bertz CT molecular complexity index is 464. The third-order valence-electron chi connectivity index (χ3n) is 4.05. The van der Waals surface area contributed by atoms with Crippen molar-refractivity contribution in [2.24, 2.45) is 5.41 Å². The Morgan fingerprint density at radius 1 is 1.24 bits per heavy atom. The molecule has 0 radical (unpaired) electrons. The van der Waals surface area contributed by atoms with Crippen LogP contribution in [-0.2, 0) is 0 Å². The molecule has 1 rings (SSSR count). The normalized spacial score (nSPS) is 11.1. The Kier molecular flexibility index (Phi) is 6.82. The third kappa shape index (κ3) is 4.03. The fourth-order valence-electron chi connectivity index (χ4n) is 2.17. The number of alkyl halides is 1. The number of carbonyl (C=O) groups is 1. The standard InChI is InChI=1S/C16H24ClNO3/c1-5-16(6-2,10-17)11-18-15(19)12-8-7-9-13(20-3)14(12)21-4/h7-9H,5-6,10-11H2,1-4H3,(H,18,19). The number of amides is 1. The van der Waals surface area contributed by atoms with Gasteiger partial charge in [-0.15, -0.1) is 11.6 Å². The summed E-state index contributed by atoms with van der Waals surface area (Å²) in [5.74, 6) is 1.33. The Balaban J connectivity index is 2.90. The van der Waals surface area contributed by atoms with Gasteiger partial charge in [0.05, 0.1) is 19.8 Å². The molecular weight excluding hydrogens is 290 g/mol. The van der Waals surface area contributed by atoms with Gasteiger partial charge in [0, 0.05) is 17.8 Å². The van der Waals surface area contributed by atoms with Crippen molar-refractivity contribution in [3.05, 3.63) is 23.8 Å². The van der Waals surface area contributed by atoms with Crippen LogP contribution >= 0.6 is 11.6 Å². The molecule has 1 aromatic carbocycles. The van der Waals surface area contributed by atoms with Crippen molar-refractivity contribution >= 4 is 17.5 Å². The molecular formula is C16H24ClNO3. The number of hydrogen-bond acceptors (Lipinski definition) is 3. The van der Waals surface area contributed by atoms with Crippen molar-refractivity contribution in [3.63, 3.8) is 0 Å². The van der Waals surface area contributed by atoms with E-state index in [2.05, 4.69) is 19.2 Å². The van der Waals surface area contributed by atoms with Crippen LogP contribution in [-0.4, -0.2) is 32.6 Å². The van der Waals surface area contributed by atoms with E-state index in [0.29, 0.717) is 29.5 Å². The van der Waals surface area contributed by atoms with Crippen LogP contribution in [0.4, 0.5) is 0 Å². The number of hydrogen-bond donors (Lipinski definition) is 1. The first-order valence-electron chi connectivity index (χ1n) is 7.12. The first-order valence-corrected chi connectivity index (χ1v) is 7.66. The van der Waals surface area contributed by atoms with Gasteiger partial charge in [0.1, 0.15) is 0 Å². The predicted molar refractivity (Wildman–Crippen MR) is 85.6 cm³/mol. The molecule has 0 saturated heterocycles. The minimum Gasteiger partial charge on any atom is -0.493 e. The molecule has 4 nitrogen and oxygen atoms in total. The summed E-state index contributed by atoms with van der Waals surface area (Å²) in [5, 5.41) is 2.96. The number of benzene rings is 1. The number of nitrogens with one attached hydrogen (secondary N) is 1. The highest BCUT2D eigenvalue weighted by Gasteiger charge is 2.26. The van der Waals surface area contributed by atoms with Gasteiger partial charge in [-0.3, -0.25) is 4.79 Å². The molecule has 1 amide bonds. The maximum Gasteiger partial charge on any atom is 0.255 e. The van der Waals surface area contributed by atoms with Crippen molar-refractivity contribution in [1.29, 1.82) is 0 Å². The molecule has 0 aliphatic carbocycles. The van der Waals surface area contributed by atoms with Crippen molar-refractivity contribution in [3.8, 4) is 11.5 Å². The lowest BCUT2D eigenvalue weighted by Crippen LogP contribution is -2.38. The zero-order chi connectivity index (χ0) is 15.9. The van der Waals surface area contributed by atoms with E-state index in [0.717, 1.165) is 12.8 Å². The molecule has 0 spiro atoms. The zero-order valence-electron chi connectivity index (χ0n) is 13.2. The number of rotatable bonds is 8. The average Bonchev–Trinajstić information content (AvgIpc) is 2.55. The van der Waals surface area contributed by atoms with Crippen molar-refractivity contribution in [1.82, 2.24) is 5.32 Å². The van der Waals surface area contributed by atoms with E-state index in [1.807, 2.05) is 0 Å². The molecule has 118 valence electrons. The molecule has 0 atom stereocenters. The molecule has 1 aromatic rings. The molecule has 0 aliphatic heterocycles. The zero-order valence-corrected chi connectivity index (χ0v) is 13.9. The molecule has 0 bridgehead atoms. The summed E-state index contributed by atoms with van der Waals surface area (Å²) in [6, 6.07) is 5.25. The average molecular weight is 314 g/mol. The molecule has 1 N–H and O–H groups in total. The quantitative estimate of drug-likeness (QED) is 0.747. The van der Waals surface area contributed by atoms with Crippen LogP contribution in [0.1, 0.15) is 37.0 Å². The van der Waals surface area contributed by atoms with Crippen LogP contribution in [0.5, 0.6) is 11.5 Å². The first kappa shape index (κ1) is 17.6. The second kappa shape index (κ2) is 8.13. The van der Waals surface area contributed by atoms with E-state index in [1.165, 1.54) is 7.11 Å². The highest BCUT2D eigenvalue weighted by atomic mass is 35.5. The van der Waals surface area contributed by atoms with Gasteiger partial charge in [-0.2, -0.15) is 0 Å².